The lowest BCUT2D eigenvalue weighted by atomic mass is 10.1. The zero-order valence-corrected chi connectivity index (χ0v) is 12.3. The van der Waals surface area contributed by atoms with Crippen molar-refractivity contribution < 1.29 is 9.59 Å². The van der Waals surface area contributed by atoms with Crippen LogP contribution >= 0.6 is 0 Å². The number of aromatic nitrogens is 1. The van der Waals surface area contributed by atoms with Crippen LogP contribution in [0.3, 0.4) is 0 Å². The first-order valence-electron chi connectivity index (χ1n) is 6.83. The first kappa shape index (κ1) is 15.5. The van der Waals surface area contributed by atoms with Crippen molar-refractivity contribution in [2.45, 2.75) is 19.9 Å². The van der Waals surface area contributed by atoms with Gasteiger partial charge in [0, 0.05) is 18.8 Å². The summed E-state index contributed by atoms with van der Waals surface area (Å²) in [6, 6.07) is 9.93. The molecule has 2 aromatic rings. The third-order valence-electron chi connectivity index (χ3n) is 3.12. The highest BCUT2D eigenvalue weighted by Crippen LogP contribution is 2.17. The van der Waals surface area contributed by atoms with Crippen LogP contribution < -0.4 is 16.2 Å². The van der Waals surface area contributed by atoms with E-state index in [1.54, 1.807) is 24.3 Å². The Bertz CT molecular complexity index is 752. The number of anilines is 1. The molecule has 6 heteroatoms. The van der Waals surface area contributed by atoms with Crippen molar-refractivity contribution in [3.05, 3.63) is 64.1 Å². The van der Waals surface area contributed by atoms with Crippen LogP contribution in [-0.4, -0.2) is 16.8 Å². The molecule has 2 amide bonds. The lowest BCUT2D eigenvalue weighted by Crippen LogP contribution is -2.31. The molecule has 0 aliphatic heterocycles. The van der Waals surface area contributed by atoms with Crippen LogP contribution in [0.4, 0.5) is 5.69 Å². The number of hydrogen-bond donors (Lipinski definition) is 3. The standard InChI is InChI=1S/C16H17N3O3/c1-10(12-5-3-6-13(9-12)19-11(2)20)18-16(22)14-7-4-8-17-15(14)21/h3-10H,1-2H3,(H,17,21)(H,18,22)(H,19,20). The van der Waals surface area contributed by atoms with E-state index < -0.39 is 11.5 Å². The topological polar surface area (TPSA) is 91.1 Å². The lowest BCUT2D eigenvalue weighted by Gasteiger charge is -2.15. The van der Waals surface area contributed by atoms with E-state index >= 15 is 0 Å². The lowest BCUT2D eigenvalue weighted by molar-refractivity contribution is -0.114. The summed E-state index contributed by atoms with van der Waals surface area (Å²) in [7, 11) is 0. The van der Waals surface area contributed by atoms with Gasteiger partial charge >= 0.3 is 0 Å². The van der Waals surface area contributed by atoms with Gasteiger partial charge in [-0.2, -0.15) is 0 Å². The highest BCUT2D eigenvalue weighted by Gasteiger charge is 2.14. The van der Waals surface area contributed by atoms with Crippen molar-refractivity contribution in [1.82, 2.24) is 10.3 Å². The Morgan fingerprint density at radius 3 is 2.64 bits per heavy atom. The maximum atomic E-state index is 12.1. The van der Waals surface area contributed by atoms with Crippen molar-refractivity contribution in [2.24, 2.45) is 0 Å². The number of pyridine rings is 1. The molecule has 0 radical (unpaired) electrons. The molecule has 1 aromatic carbocycles. The predicted molar refractivity (Wildman–Crippen MR) is 83.7 cm³/mol. The molecule has 3 N–H and O–H groups in total. The van der Waals surface area contributed by atoms with Crippen molar-refractivity contribution in [2.75, 3.05) is 5.32 Å². The van der Waals surface area contributed by atoms with E-state index in [1.165, 1.54) is 19.2 Å². The molecule has 1 aromatic heterocycles. The maximum Gasteiger partial charge on any atom is 0.260 e. The molecular formula is C16H17N3O3. The van der Waals surface area contributed by atoms with Crippen molar-refractivity contribution in [1.29, 1.82) is 0 Å². The Balaban J connectivity index is 2.14. The summed E-state index contributed by atoms with van der Waals surface area (Å²) in [6.45, 7) is 3.24. The minimum atomic E-state index is -0.445. The van der Waals surface area contributed by atoms with E-state index in [-0.39, 0.29) is 17.5 Å². The minimum absolute atomic E-state index is 0.0624. The highest BCUT2D eigenvalue weighted by atomic mass is 16.2. The molecular weight excluding hydrogens is 282 g/mol. The molecule has 0 spiro atoms. The van der Waals surface area contributed by atoms with Gasteiger partial charge in [-0.25, -0.2) is 0 Å². The summed E-state index contributed by atoms with van der Waals surface area (Å²) in [4.78, 5) is 37.2. The van der Waals surface area contributed by atoms with Gasteiger partial charge in [-0.05, 0) is 36.8 Å². The van der Waals surface area contributed by atoms with Crippen LogP contribution in [-0.2, 0) is 4.79 Å². The van der Waals surface area contributed by atoms with Crippen LogP contribution in [0.5, 0.6) is 0 Å². The molecule has 114 valence electrons. The van der Waals surface area contributed by atoms with E-state index in [0.29, 0.717) is 5.69 Å². The van der Waals surface area contributed by atoms with Gasteiger partial charge in [0.2, 0.25) is 5.91 Å². The van der Waals surface area contributed by atoms with E-state index in [4.69, 9.17) is 0 Å². The smallest absolute Gasteiger partial charge is 0.260 e. The van der Waals surface area contributed by atoms with Gasteiger partial charge in [0.1, 0.15) is 5.56 Å². The summed E-state index contributed by atoms with van der Waals surface area (Å²) < 4.78 is 0. The third kappa shape index (κ3) is 3.82. The fourth-order valence-corrected chi connectivity index (χ4v) is 2.05. The number of hydrogen-bond acceptors (Lipinski definition) is 3. The monoisotopic (exact) mass is 299 g/mol. The number of H-pyrrole nitrogens is 1. The van der Waals surface area contributed by atoms with E-state index in [0.717, 1.165) is 5.56 Å². The van der Waals surface area contributed by atoms with Gasteiger partial charge in [-0.1, -0.05) is 12.1 Å². The molecule has 1 heterocycles. The average Bonchev–Trinajstić information content (AvgIpc) is 2.47. The Kier molecular flexibility index (Phi) is 4.73. The van der Waals surface area contributed by atoms with E-state index in [9.17, 15) is 14.4 Å². The van der Waals surface area contributed by atoms with Crippen LogP contribution in [0.2, 0.25) is 0 Å². The van der Waals surface area contributed by atoms with Gasteiger partial charge in [-0.15, -0.1) is 0 Å². The van der Waals surface area contributed by atoms with Gasteiger partial charge in [0.05, 0.1) is 6.04 Å². The number of amides is 2. The molecule has 2 rings (SSSR count). The second-order valence-electron chi connectivity index (χ2n) is 4.91. The number of aromatic amines is 1. The van der Waals surface area contributed by atoms with E-state index in [2.05, 4.69) is 15.6 Å². The average molecular weight is 299 g/mol. The number of rotatable bonds is 4. The largest absolute Gasteiger partial charge is 0.345 e. The maximum absolute atomic E-state index is 12.1. The number of nitrogens with one attached hydrogen (secondary N) is 3. The summed E-state index contributed by atoms with van der Waals surface area (Å²) in [5.74, 6) is -0.607. The third-order valence-corrected chi connectivity index (χ3v) is 3.12. The summed E-state index contributed by atoms with van der Waals surface area (Å²) >= 11 is 0. The fourth-order valence-electron chi connectivity index (χ4n) is 2.05. The number of carbonyl (C=O) groups excluding carboxylic acids is 2. The second kappa shape index (κ2) is 6.71. The van der Waals surface area contributed by atoms with Crippen LogP contribution in [0.15, 0.2) is 47.4 Å². The molecule has 1 unspecified atom stereocenters. The normalized spacial score (nSPS) is 11.5. The first-order chi connectivity index (χ1) is 10.5. The van der Waals surface area contributed by atoms with Crippen molar-refractivity contribution in [3.63, 3.8) is 0 Å². The van der Waals surface area contributed by atoms with E-state index in [1.807, 2.05) is 13.0 Å². The van der Waals surface area contributed by atoms with Gasteiger partial charge in [0.15, 0.2) is 0 Å². The molecule has 0 saturated carbocycles. The second-order valence-corrected chi connectivity index (χ2v) is 4.91. The Hall–Kier alpha value is -2.89. The summed E-state index contributed by atoms with van der Waals surface area (Å²) in [6.07, 6.45) is 1.47. The van der Waals surface area contributed by atoms with Crippen LogP contribution in [0.25, 0.3) is 0 Å². The van der Waals surface area contributed by atoms with Gasteiger partial charge in [0.25, 0.3) is 11.5 Å². The summed E-state index contributed by atoms with van der Waals surface area (Å²) in [5, 5.41) is 5.45. The number of carbonyl (C=O) groups is 2. The van der Waals surface area contributed by atoms with Crippen molar-refractivity contribution >= 4 is 17.5 Å². The zero-order valence-electron chi connectivity index (χ0n) is 12.3. The van der Waals surface area contributed by atoms with Crippen LogP contribution in [0.1, 0.15) is 35.8 Å². The van der Waals surface area contributed by atoms with Crippen LogP contribution in [0, 0.1) is 0 Å². The highest BCUT2D eigenvalue weighted by molar-refractivity contribution is 5.94. The fraction of sp³-hybridized carbons (Fsp3) is 0.188. The molecule has 0 saturated heterocycles. The molecule has 0 aliphatic rings. The quantitative estimate of drug-likeness (QED) is 0.804. The Morgan fingerprint density at radius 2 is 1.95 bits per heavy atom. The molecule has 0 fully saturated rings. The molecule has 22 heavy (non-hydrogen) atoms. The number of benzene rings is 1. The minimum Gasteiger partial charge on any atom is -0.345 e. The summed E-state index contributed by atoms with van der Waals surface area (Å²) in [5.41, 5.74) is 1.11. The van der Waals surface area contributed by atoms with Gasteiger partial charge in [-0.3, -0.25) is 14.4 Å². The SMILES string of the molecule is CC(=O)Nc1cccc(C(C)NC(=O)c2ccc[nH]c2=O)c1. The van der Waals surface area contributed by atoms with Crippen molar-refractivity contribution in [3.8, 4) is 0 Å². The predicted octanol–water partition coefficient (Wildman–Crippen LogP) is 1.82. The molecule has 0 aliphatic carbocycles. The zero-order chi connectivity index (χ0) is 16.1. The Labute approximate surface area is 127 Å². The first-order valence-corrected chi connectivity index (χ1v) is 6.83. The molecule has 0 bridgehead atoms. The van der Waals surface area contributed by atoms with Gasteiger partial charge < -0.3 is 15.6 Å². The Morgan fingerprint density at radius 1 is 1.18 bits per heavy atom. The molecule has 1 atom stereocenters. The molecule has 6 nitrogen and oxygen atoms in total.